The van der Waals surface area contributed by atoms with Gasteiger partial charge in [-0.3, -0.25) is 0 Å². The first kappa shape index (κ1) is 11.7. The van der Waals surface area contributed by atoms with Crippen LogP contribution in [0.3, 0.4) is 0 Å². The topological polar surface area (TPSA) is 0 Å². The molecule has 0 unspecified atom stereocenters. The van der Waals surface area contributed by atoms with Gasteiger partial charge in [0.25, 0.3) is 0 Å². The van der Waals surface area contributed by atoms with E-state index in [2.05, 4.69) is 64.1 Å². The second-order valence-corrected chi connectivity index (χ2v) is 6.08. The zero-order valence-corrected chi connectivity index (χ0v) is 12.5. The van der Waals surface area contributed by atoms with E-state index in [9.17, 15) is 0 Å². The summed E-state index contributed by atoms with van der Waals surface area (Å²) in [6.45, 7) is 8.89. The maximum Gasteiger partial charge on any atom is -0.00214 e. The van der Waals surface area contributed by atoms with Crippen molar-refractivity contribution in [1.29, 1.82) is 0 Å². The summed E-state index contributed by atoms with van der Waals surface area (Å²) in [6.07, 6.45) is 0. The lowest BCUT2D eigenvalue weighted by atomic mass is 9.87. The van der Waals surface area contributed by atoms with Gasteiger partial charge in [-0.25, -0.2) is 0 Å². The van der Waals surface area contributed by atoms with E-state index in [1.54, 1.807) is 0 Å². The van der Waals surface area contributed by atoms with Crippen molar-refractivity contribution in [2.45, 2.75) is 27.7 Å². The van der Waals surface area contributed by atoms with Gasteiger partial charge in [0.1, 0.15) is 0 Å². The zero-order chi connectivity index (χ0) is 14.0. The van der Waals surface area contributed by atoms with Crippen LogP contribution in [0.15, 0.2) is 36.4 Å². The van der Waals surface area contributed by atoms with Crippen molar-refractivity contribution in [1.82, 2.24) is 0 Å². The smallest absolute Gasteiger partial charge is 0.00214 e. The molecule has 0 heteroatoms. The van der Waals surface area contributed by atoms with Gasteiger partial charge in [0.05, 0.1) is 0 Å². The molecule has 98 valence electrons. The first-order valence-corrected chi connectivity index (χ1v) is 7.23. The lowest BCUT2D eigenvalue weighted by molar-refractivity contribution is 1.39. The normalized spacial score (nSPS) is 12.0. The Morgan fingerprint density at radius 2 is 1.25 bits per heavy atom. The van der Waals surface area contributed by atoms with Gasteiger partial charge < -0.3 is 0 Å². The molecule has 0 fully saturated rings. The summed E-state index contributed by atoms with van der Waals surface area (Å²) in [7, 11) is 0. The Morgan fingerprint density at radius 1 is 0.550 bits per heavy atom. The standard InChI is InChI=1S/C20H18/c1-11-5-7-17-13(3)10-18-14(4)12(2)9-15-6-8-16(11)20(17)19(15)18/h5-10H,1-4H3. The van der Waals surface area contributed by atoms with Crippen LogP contribution in [0.5, 0.6) is 0 Å². The third-order valence-corrected chi connectivity index (χ3v) is 4.85. The quantitative estimate of drug-likeness (QED) is 0.349. The molecule has 20 heavy (non-hydrogen) atoms. The first-order chi connectivity index (χ1) is 9.58. The van der Waals surface area contributed by atoms with Gasteiger partial charge in [-0.1, -0.05) is 36.4 Å². The Bertz CT molecular complexity index is 969. The van der Waals surface area contributed by atoms with Crippen molar-refractivity contribution < 1.29 is 0 Å². The summed E-state index contributed by atoms with van der Waals surface area (Å²) in [4.78, 5) is 0. The van der Waals surface area contributed by atoms with Crippen LogP contribution in [0.2, 0.25) is 0 Å². The number of benzene rings is 4. The molecule has 0 aliphatic heterocycles. The Balaban J connectivity index is 2.47. The largest absolute Gasteiger partial charge is 0.0581 e. The molecule has 0 N–H and O–H groups in total. The summed E-state index contributed by atoms with van der Waals surface area (Å²) in [6, 6.07) is 13.8. The Morgan fingerprint density at radius 3 is 2.05 bits per heavy atom. The average Bonchev–Trinajstić information content (AvgIpc) is 2.43. The molecule has 0 bridgehead atoms. The maximum absolute atomic E-state index is 2.36. The molecule has 4 aromatic rings. The summed E-state index contributed by atoms with van der Waals surface area (Å²) in [5.74, 6) is 0. The number of hydrogen-bond donors (Lipinski definition) is 0. The molecular formula is C20H18. The molecule has 4 rings (SSSR count). The van der Waals surface area contributed by atoms with Crippen LogP contribution in [-0.2, 0) is 0 Å². The van der Waals surface area contributed by atoms with Crippen LogP contribution >= 0.6 is 0 Å². The van der Waals surface area contributed by atoms with E-state index in [1.807, 2.05) is 0 Å². The molecule has 0 radical (unpaired) electrons. The summed E-state index contributed by atoms with van der Waals surface area (Å²) in [5, 5.41) is 8.46. The molecular weight excluding hydrogens is 240 g/mol. The predicted molar refractivity (Wildman–Crippen MR) is 89.1 cm³/mol. The van der Waals surface area contributed by atoms with Crippen molar-refractivity contribution >= 4 is 32.3 Å². The number of aryl methyl sites for hydroxylation is 4. The van der Waals surface area contributed by atoms with Crippen molar-refractivity contribution in [3.05, 3.63) is 58.7 Å². The maximum atomic E-state index is 2.36. The molecule has 0 heterocycles. The van der Waals surface area contributed by atoms with E-state index in [-0.39, 0.29) is 0 Å². The van der Waals surface area contributed by atoms with Crippen LogP contribution in [0.25, 0.3) is 32.3 Å². The monoisotopic (exact) mass is 258 g/mol. The fourth-order valence-electron chi connectivity index (χ4n) is 3.56. The SMILES string of the molecule is Cc1cc2ccc3c(C)ccc4c(C)cc(c1C)c2c34. The Kier molecular flexibility index (Phi) is 2.18. The van der Waals surface area contributed by atoms with E-state index in [1.165, 1.54) is 54.6 Å². The van der Waals surface area contributed by atoms with E-state index < -0.39 is 0 Å². The van der Waals surface area contributed by atoms with E-state index in [4.69, 9.17) is 0 Å². The number of hydrogen-bond acceptors (Lipinski definition) is 0. The molecule has 0 saturated heterocycles. The molecule has 0 saturated carbocycles. The summed E-state index contributed by atoms with van der Waals surface area (Å²) in [5.41, 5.74) is 5.54. The second kappa shape index (κ2) is 3.73. The highest BCUT2D eigenvalue weighted by Crippen LogP contribution is 2.39. The van der Waals surface area contributed by atoms with Crippen molar-refractivity contribution in [2.75, 3.05) is 0 Å². The Labute approximate surface area is 119 Å². The lowest BCUT2D eigenvalue weighted by Crippen LogP contribution is -1.92. The van der Waals surface area contributed by atoms with E-state index in [0.29, 0.717) is 0 Å². The van der Waals surface area contributed by atoms with Gasteiger partial charge in [-0.15, -0.1) is 0 Å². The van der Waals surface area contributed by atoms with Crippen LogP contribution in [-0.4, -0.2) is 0 Å². The third-order valence-electron chi connectivity index (χ3n) is 4.85. The van der Waals surface area contributed by atoms with E-state index >= 15 is 0 Å². The van der Waals surface area contributed by atoms with Gasteiger partial charge >= 0.3 is 0 Å². The summed E-state index contributed by atoms with van der Waals surface area (Å²) < 4.78 is 0. The van der Waals surface area contributed by atoms with Gasteiger partial charge in [0.15, 0.2) is 0 Å². The van der Waals surface area contributed by atoms with Crippen LogP contribution < -0.4 is 0 Å². The highest BCUT2D eigenvalue weighted by atomic mass is 14.2. The molecule has 0 aromatic heterocycles. The van der Waals surface area contributed by atoms with Crippen molar-refractivity contribution in [3.8, 4) is 0 Å². The molecule has 0 atom stereocenters. The lowest BCUT2D eigenvalue weighted by Gasteiger charge is -2.17. The predicted octanol–water partition coefficient (Wildman–Crippen LogP) is 5.82. The minimum Gasteiger partial charge on any atom is -0.0581 e. The fraction of sp³-hybridized carbons (Fsp3) is 0.200. The number of rotatable bonds is 0. The first-order valence-electron chi connectivity index (χ1n) is 7.23. The van der Waals surface area contributed by atoms with Gasteiger partial charge in [0, 0.05) is 0 Å². The Hall–Kier alpha value is -2.08. The van der Waals surface area contributed by atoms with Crippen molar-refractivity contribution in [3.63, 3.8) is 0 Å². The average molecular weight is 258 g/mol. The van der Waals surface area contributed by atoms with E-state index in [0.717, 1.165) is 0 Å². The van der Waals surface area contributed by atoms with Crippen LogP contribution in [0, 0.1) is 27.7 Å². The minimum atomic E-state index is 1.37. The molecule has 0 spiro atoms. The van der Waals surface area contributed by atoms with Gasteiger partial charge in [-0.05, 0) is 82.3 Å². The summed E-state index contributed by atoms with van der Waals surface area (Å²) >= 11 is 0. The molecule has 0 amide bonds. The van der Waals surface area contributed by atoms with Gasteiger partial charge in [-0.2, -0.15) is 0 Å². The highest BCUT2D eigenvalue weighted by Gasteiger charge is 2.13. The second-order valence-electron chi connectivity index (χ2n) is 6.08. The fourth-order valence-corrected chi connectivity index (χ4v) is 3.56. The minimum absolute atomic E-state index is 1.37. The van der Waals surface area contributed by atoms with Crippen LogP contribution in [0.4, 0.5) is 0 Å². The van der Waals surface area contributed by atoms with Crippen LogP contribution in [0.1, 0.15) is 22.3 Å². The van der Waals surface area contributed by atoms with Gasteiger partial charge in [0.2, 0.25) is 0 Å². The van der Waals surface area contributed by atoms with Crippen molar-refractivity contribution in [2.24, 2.45) is 0 Å². The molecule has 0 aliphatic carbocycles. The third kappa shape index (κ3) is 1.31. The molecule has 0 nitrogen and oxygen atoms in total. The zero-order valence-electron chi connectivity index (χ0n) is 12.5. The highest BCUT2D eigenvalue weighted by molar-refractivity contribution is 6.25. The molecule has 0 aliphatic rings. The molecule has 4 aromatic carbocycles.